The van der Waals surface area contributed by atoms with Gasteiger partial charge in [0.2, 0.25) is 11.2 Å². The fourth-order valence-electron chi connectivity index (χ4n) is 1.26. The second-order valence-corrected chi connectivity index (χ2v) is 3.60. The van der Waals surface area contributed by atoms with Gasteiger partial charge in [-0.05, 0) is 29.8 Å². The summed E-state index contributed by atoms with van der Waals surface area (Å²) in [5, 5.41) is 2.71. The van der Waals surface area contributed by atoms with Crippen LogP contribution >= 0.6 is 11.6 Å². The van der Waals surface area contributed by atoms with Crippen LogP contribution in [0.3, 0.4) is 0 Å². The number of nitrogens with one attached hydrogen (secondary N) is 1. The minimum Gasteiger partial charge on any atom is -0.310 e. The molecule has 1 N–H and O–H groups in total. The van der Waals surface area contributed by atoms with Crippen molar-refractivity contribution in [1.82, 2.24) is 15.0 Å². The molecule has 2 rings (SSSR count). The number of nitrogens with zero attached hydrogens (tertiary/aromatic N) is 3. The van der Waals surface area contributed by atoms with Crippen molar-refractivity contribution in [2.45, 2.75) is 6.42 Å². The van der Waals surface area contributed by atoms with Crippen LogP contribution in [0, 0.1) is 0 Å². The molecule has 0 aliphatic carbocycles. The van der Waals surface area contributed by atoms with Gasteiger partial charge < -0.3 is 5.32 Å². The standard InChI is InChI=1S/C11H9ClN4O/c12-11-14-6-4-9(16-11)15-10(17)7-8-3-1-2-5-13-8/h1-6H,7H2,(H,14,15,16,17). The second kappa shape index (κ2) is 5.36. The van der Waals surface area contributed by atoms with Crippen molar-refractivity contribution < 1.29 is 4.79 Å². The largest absolute Gasteiger partial charge is 0.310 e. The van der Waals surface area contributed by atoms with Gasteiger partial charge in [0.1, 0.15) is 5.82 Å². The van der Waals surface area contributed by atoms with E-state index in [4.69, 9.17) is 11.6 Å². The lowest BCUT2D eigenvalue weighted by molar-refractivity contribution is -0.115. The number of anilines is 1. The van der Waals surface area contributed by atoms with Gasteiger partial charge in [-0.3, -0.25) is 9.78 Å². The van der Waals surface area contributed by atoms with E-state index in [1.807, 2.05) is 6.07 Å². The van der Waals surface area contributed by atoms with Crippen molar-refractivity contribution in [1.29, 1.82) is 0 Å². The highest BCUT2D eigenvalue weighted by molar-refractivity contribution is 6.28. The Labute approximate surface area is 103 Å². The smallest absolute Gasteiger partial charge is 0.231 e. The van der Waals surface area contributed by atoms with Crippen LogP contribution in [0.25, 0.3) is 0 Å². The summed E-state index contributed by atoms with van der Waals surface area (Å²) in [5.74, 6) is 0.185. The summed E-state index contributed by atoms with van der Waals surface area (Å²) >= 11 is 5.60. The van der Waals surface area contributed by atoms with Crippen LogP contribution in [0.5, 0.6) is 0 Å². The Morgan fingerprint density at radius 1 is 1.24 bits per heavy atom. The Hall–Kier alpha value is -2.01. The van der Waals surface area contributed by atoms with Gasteiger partial charge in [-0.2, -0.15) is 0 Å². The third-order valence-corrected chi connectivity index (χ3v) is 2.14. The fraction of sp³-hybridized carbons (Fsp3) is 0.0909. The predicted octanol–water partition coefficient (Wildman–Crippen LogP) is 1.71. The molecule has 0 atom stereocenters. The number of rotatable bonds is 3. The summed E-state index contributed by atoms with van der Waals surface area (Å²) in [6.07, 6.45) is 3.32. The maximum atomic E-state index is 11.6. The number of carbonyl (C=O) groups excluding carboxylic acids is 1. The predicted molar refractivity (Wildman–Crippen MR) is 63.6 cm³/mol. The normalized spacial score (nSPS) is 9.94. The molecule has 0 saturated heterocycles. The van der Waals surface area contributed by atoms with Crippen LogP contribution in [0.2, 0.25) is 5.28 Å². The Morgan fingerprint density at radius 3 is 2.82 bits per heavy atom. The molecule has 86 valence electrons. The molecular weight excluding hydrogens is 240 g/mol. The molecule has 0 saturated carbocycles. The minimum atomic E-state index is -0.196. The summed E-state index contributed by atoms with van der Waals surface area (Å²) in [5.41, 5.74) is 0.699. The average Bonchev–Trinajstić information content (AvgIpc) is 2.30. The van der Waals surface area contributed by atoms with Gasteiger partial charge in [0, 0.05) is 18.1 Å². The van der Waals surface area contributed by atoms with Crippen molar-refractivity contribution in [3.63, 3.8) is 0 Å². The first-order valence-electron chi connectivity index (χ1n) is 4.92. The molecule has 2 aromatic heterocycles. The van der Waals surface area contributed by atoms with Crippen molar-refractivity contribution in [3.8, 4) is 0 Å². The fourth-order valence-corrected chi connectivity index (χ4v) is 1.41. The molecule has 0 spiro atoms. The lowest BCUT2D eigenvalue weighted by Crippen LogP contribution is -2.16. The molecule has 0 radical (unpaired) electrons. The molecule has 0 unspecified atom stereocenters. The first-order valence-corrected chi connectivity index (χ1v) is 5.30. The van der Waals surface area contributed by atoms with E-state index in [0.29, 0.717) is 11.5 Å². The van der Waals surface area contributed by atoms with Crippen molar-refractivity contribution in [2.24, 2.45) is 0 Å². The van der Waals surface area contributed by atoms with E-state index in [2.05, 4.69) is 20.3 Å². The lowest BCUT2D eigenvalue weighted by atomic mass is 10.2. The molecule has 2 aromatic rings. The summed E-state index contributed by atoms with van der Waals surface area (Å²) in [6.45, 7) is 0. The molecule has 2 heterocycles. The van der Waals surface area contributed by atoms with Gasteiger partial charge in [-0.25, -0.2) is 9.97 Å². The highest BCUT2D eigenvalue weighted by Crippen LogP contribution is 2.06. The molecule has 17 heavy (non-hydrogen) atoms. The topological polar surface area (TPSA) is 67.8 Å². The number of pyridine rings is 1. The first-order chi connectivity index (χ1) is 8.24. The maximum absolute atomic E-state index is 11.6. The zero-order chi connectivity index (χ0) is 12.1. The first kappa shape index (κ1) is 11.5. The molecule has 1 amide bonds. The van der Waals surface area contributed by atoms with E-state index in [1.165, 1.54) is 6.20 Å². The van der Waals surface area contributed by atoms with Gasteiger partial charge in [0.05, 0.1) is 6.42 Å². The van der Waals surface area contributed by atoms with E-state index >= 15 is 0 Å². The molecule has 0 aliphatic heterocycles. The number of hydrogen-bond acceptors (Lipinski definition) is 4. The third kappa shape index (κ3) is 3.49. The molecule has 0 aromatic carbocycles. The van der Waals surface area contributed by atoms with E-state index in [0.717, 1.165) is 0 Å². The van der Waals surface area contributed by atoms with Gasteiger partial charge in [-0.15, -0.1) is 0 Å². The van der Waals surface area contributed by atoms with Crippen LogP contribution in [-0.4, -0.2) is 20.9 Å². The molecule has 6 heteroatoms. The number of carbonyl (C=O) groups is 1. The Morgan fingerprint density at radius 2 is 2.12 bits per heavy atom. The van der Waals surface area contributed by atoms with Crippen LogP contribution < -0.4 is 5.32 Å². The zero-order valence-electron chi connectivity index (χ0n) is 8.80. The molecule has 0 bridgehead atoms. The van der Waals surface area contributed by atoms with E-state index in [9.17, 15) is 4.79 Å². The van der Waals surface area contributed by atoms with Gasteiger partial charge >= 0.3 is 0 Å². The Bertz CT molecular complexity index is 518. The number of hydrogen-bond donors (Lipinski definition) is 1. The third-order valence-electron chi connectivity index (χ3n) is 1.96. The van der Waals surface area contributed by atoms with E-state index in [-0.39, 0.29) is 17.6 Å². The highest BCUT2D eigenvalue weighted by atomic mass is 35.5. The van der Waals surface area contributed by atoms with Crippen LogP contribution in [0.15, 0.2) is 36.7 Å². The van der Waals surface area contributed by atoms with Crippen LogP contribution in [0.1, 0.15) is 5.69 Å². The average molecular weight is 249 g/mol. The van der Waals surface area contributed by atoms with Crippen molar-refractivity contribution >= 4 is 23.3 Å². The number of amides is 1. The summed E-state index contributed by atoms with van der Waals surface area (Å²) < 4.78 is 0. The molecular formula is C11H9ClN4O. The van der Waals surface area contributed by atoms with Crippen LogP contribution in [-0.2, 0) is 11.2 Å². The Balaban J connectivity index is 1.98. The highest BCUT2D eigenvalue weighted by Gasteiger charge is 2.05. The second-order valence-electron chi connectivity index (χ2n) is 3.26. The lowest BCUT2D eigenvalue weighted by Gasteiger charge is -2.03. The number of aromatic nitrogens is 3. The monoisotopic (exact) mass is 248 g/mol. The quantitative estimate of drug-likeness (QED) is 0.840. The Kier molecular flexibility index (Phi) is 3.62. The summed E-state index contributed by atoms with van der Waals surface area (Å²) in [4.78, 5) is 23.3. The van der Waals surface area contributed by atoms with E-state index < -0.39 is 0 Å². The van der Waals surface area contributed by atoms with Gasteiger partial charge in [0.25, 0.3) is 0 Å². The number of halogens is 1. The SMILES string of the molecule is O=C(Cc1ccccn1)Nc1ccnc(Cl)n1. The van der Waals surface area contributed by atoms with E-state index in [1.54, 1.807) is 24.4 Å². The molecule has 0 fully saturated rings. The molecule has 0 aliphatic rings. The summed E-state index contributed by atoms with van der Waals surface area (Å²) in [6, 6.07) is 6.98. The van der Waals surface area contributed by atoms with Crippen molar-refractivity contribution in [3.05, 3.63) is 47.6 Å². The van der Waals surface area contributed by atoms with Crippen LogP contribution in [0.4, 0.5) is 5.82 Å². The van der Waals surface area contributed by atoms with Gasteiger partial charge in [0.15, 0.2) is 0 Å². The zero-order valence-corrected chi connectivity index (χ0v) is 9.55. The minimum absolute atomic E-state index is 0.0978. The van der Waals surface area contributed by atoms with Crippen molar-refractivity contribution in [2.75, 3.05) is 5.32 Å². The summed E-state index contributed by atoms with van der Waals surface area (Å²) in [7, 11) is 0. The molecule has 5 nitrogen and oxygen atoms in total. The van der Waals surface area contributed by atoms with Gasteiger partial charge in [-0.1, -0.05) is 6.07 Å². The maximum Gasteiger partial charge on any atom is 0.231 e.